The number of methoxy groups -OCH3 is 1. The lowest BCUT2D eigenvalue weighted by Crippen LogP contribution is -2.24. The Balaban J connectivity index is 1.51. The molecule has 3 aromatic rings. The van der Waals surface area contributed by atoms with Crippen LogP contribution in [0, 0.1) is 0 Å². The molecule has 8 heteroatoms. The average molecular weight is 547 g/mol. The number of hydrogen-bond acceptors (Lipinski definition) is 5. The van der Waals surface area contributed by atoms with E-state index in [1.54, 1.807) is 61.5 Å². The zero-order valence-corrected chi connectivity index (χ0v) is 21.2. The van der Waals surface area contributed by atoms with Gasteiger partial charge in [-0.05, 0) is 67.1 Å². The number of anilines is 2. The zero-order chi connectivity index (χ0) is 25.7. The lowest BCUT2D eigenvalue weighted by Gasteiger charge is -2.18. The summed E-state index contributed by atoms with van der Waals surface area (Å²) in [5.41, 5.74) is 2.96. The number of carbonyl (C=O) groups is 3. The van der Waals surface area contributed by atoms with Crippen LogP contribution in [0.5, 0.6) is 5.75 Å². The van der Waals surface area contributed by atoms with Crippen LogP contribution in [-0.2, 0) is 19.1 Å². The number of halogens is 1. The maximum Gasteiger partial charge on any atom is 0.340 e. The van der Waals surface area contributed by atoms with Gasteiger partial charge in [-0.25, -0.2) is 4.79 Å². The molecule has 0 spiro atoms. The summed E-state index contributed by atoms with van der Waals surface area (Å²) >= 11 is 3.39. The highest BCUT2D eigenvalue weighted by Gasteiger charge is 2.37. The molecule has 2 amide bonds. The van der Waals surface area contributed by atoms with Gasteiger partial charge in [0.25, 0.3) is 11.8 Å². The summed E-state index contributed by atoms with van der Waals surface area (Å²) in [7, 11) is 1.28. The van der Waals surface area contributed by atoms with Crippen molar-refractivity contribution < 1.29 is 23.9 Å². The first-order valence-corrected chi connectivity index (χ1v) is 11.9. The number of esters is 1. The molecule has 36 heavy (non-hydrogen) atoms. The molecule has 1 aliphatic heterocycles. The van der Waals surface area contributed by atoms with Crippen LogP contribution in [-0.4, -0.2) is 31.5 Å². The number of amides is 2. The third-order valence-electron chi connectivity index (χ3n) is 5.49. The van der Waals surface area contributed by atoms with Crippen molar-refractivity contribution in [3.05, 3.63) is 106 Å². The van der Waals surface area contributed by atoms with Gasteiger partial charge in [-0.15, -0.1) is 0 Å². The van der Waals surface area contributed by atoms with E-state index < -0.39 is 5.97 Å². The predicted octanol–water partition coefficient (Wildman–Crippen LogP) is 5.34. The number of ether oxygens (including phenoxy) is 2. The van der Waals surface area contributed by atoms with Gasteiger partial charge < -0.3 is 14.8 Å². The van der Waals surface area contributed by atoms with Crippen molar-refractivity contribution in [1.29, 1.82) is 0 Å². The molecule has 0 unspecified atom stereocenters. The van der Waals surface area contributed by atoms with Crippen molar-refractivity contribution in [1.82, 2.24) is 0 Å². The Morgan fingerprint density at radius 3 is 2.28 bits per heavy atom. The minimum absolute atomic E-state index is 0.148. The number of para-hydroxylation sites is 1. The Kier molecular flexibility index (Phi) is 7.65. The van der Waals surface area contributed by atoms with Gasteiger partial charge in [0.2, 0.25) is 0 Å². The second kappa shape index (κ2) is 11.0. The Labute approximate surface area is 217 Å². The molecule has 0 aromatic heterocycles. The number of nitrogens with one attached hydrogen (secondary N) is 1. The Bertz CT molecular complexity index is 1350. The molecule has 0 radical (unpaired) electrons. The summed E-state index contributed by atoms with van der Waals surface area (Å²) in [5, 5.41) is 2.76. The molecular formula is C28H23BrN2O5. The topological polar surface area (TPSA) is 84.9 Å². The molecule has 182 valence electrons. The Morgan fingerprint density at radius 2 is 1.64 bits per heavy atom. The highest BCUT2D eigenvalue weighted by atomic mass is 79.9. The maximum absolute atomic E-state index is 13.4. The quantitative estimate of drug-likeness (QED) is 0.319. The Hall–Kier alpha value is -4.17. The fourth-order valence-corrected chi connectivity index (χ4v) is 4.04. The SMILES string of the molecule is COC(=O)C1=C(C)N(c2ccc(Br)cc2)C(=O)/C1=C\c1ccc(OCC(=O)Nc2ccccc2)cc1. The Morgan fingerprint density at radius 1 is 0.972 bits per heavy atom. The molecule has 1 N–H and O–H groups in total. The third-order valence-corrected chi connectivity index (χ3v) is 6.02. The molecule has 0 fully saturated rings. The van der Waals surface area contributed by atoms with Gasteiger partial charge in [0.1, 0.15) is 5.75 Å². The summed E-state index contributed by atoms with van der Waals surface area (Å²) < 4.78 is 11.4. The van der Waals surface area contributed by atoms with E-state index in [0.717, 1.165) is 4.47 Å². The van der Waals surface area contributed by atoms with Crippen molar-refractivity contribution in [2.45, 2.75) is 6.92 Å². The number of carbonyl (C=O) groups excluding carboxylic acids is 3. The van der Waals surface area contributed by atoms with E-state index in [2.05, 4.69) is 21.2 Å². The molecule has 7 nitrogen and oxygen atoms in total. The number of benzene rings is 3. The van der Waals surface area contributed by atoms with Gasteiger partial charge >= 0.3 is 5.97 Å². The van der Waals surface area contributed by atoms with E-state index in [-0.39, 0.29) is 29.6 Å². The van der Waals surface area contributed by atoms with Crippen LogP contribution in [0.4, 0.5) is 11.4 Å². The van der Waals surface area contributed by atoms with Crippen LogP contribution >= 0.6 is 15.9 Å². The lowest BCUT2D eigenvalue weighted by atomic mass is 10.0. The van der Waals surface area contributed by atoms with Gasteiger partial charge in [-0.1, -0.05) is 46.3 Å². The third kappa shape index (κ3) is 5.55. The molecule has 0 aliphatic carbocycles. The predicted molar refractivity (Wildman–Crippen MR) is 141 cm³/mol. The van der Waals surface area contributed by atoms with Crippen molar-refractivity contribution in [3.8, 4) is 5.75 Å². The van der Waals surface area contributed by atoms with E-state index in [1.165, 1.54) is 12.0 Å². The number of allylic oxidation sites excluding steroid dienone is 1. The molecule has 0 atom stereocenters. The fraction of sp³-hybridized carbons (Fsp3) is 0.107. The van der Waals surface area contributed by atoms with Gasteiger partial charge in [0.05, 0.1) is 18.3 Å². The largest absolute Gasteiger partial charge is 0.484 e. The smallest absolute Gasteiger partial charge is 0.340 e. The first-order chi connectivity index (χ1) is 17.4. The second-order valence-electron chi connectivity index (χ2n) is 7.90. The van der Waals surface area contributed by atoms with Crippen molar-refractivity contribution >= 4 is 51.2 Å². The lowest BCUT2D eigenvalue weighted by molar-refractivity contribution is -0.136. The van der Waals surface area contributed by atoms with Crippen LogP contribution in [0.3, 0.4) is 0 Å². The minimum atomic E-state index is -0.587. The summed E-state index contributed by atoms with van der Waals surface area (Å²) in [5.74, 6) is -0.695. The number of nitrogens with zero attached hydrogens (tertiary/aromatic N) is 1. The van der Waals surface area contributed by atoms with Crippen LogP contribution < -0.4 is 15.0 Å². The molecule has 0 bridgehead atoms. The van der Waals surface area contributed by atoms with Crippen LogP contribution in [0.15, 0.2) is 100 Å². The maximum atomic E-state index is 13.4. The normalized spacial score (nSPS) is 14.2. The molecule has 4 rings (SSSR count). The van der Waals surface area contributed by atoms with Crippen molar-refractivity contribution in [3.63, 3.8) is 0 Å². The van der Waals surface area contributed by atoms with E-state index in [9.17, 15) is 14.4 Å². The summed E-state index contributed by atoms with van der Waals surface area (Å²) in [6, 6.07) is 23.3. The number of rotatable bonds is 7. The van der Waals surface area contributed by atoms with Gasteiger partial charge in [0, 0.05) is 21.5 Å². The monoisotopic (exact) mass is 546 g/mol. The second-order valence-corrected chi connectivity index (χ2v) is 8.81. The first kappa shape index (κ1) is 24.9. The average Bonchev–Trinajstić information content (AvgIpc) is 3.13. The van der Waals surface area contributed by atoms with Gasteiger partial charge in [-0.2, -0.15) is 0 Å². The highest BCUT2D eigenvalue weighted by molar-refractivity contribution is 9.10. The molecule has 0 saturated carbocycles. The zero-order valence-electron chi connectivity index (χ0n) is 19.7. The first-order valence-electron chi connectivity index (χ1n) is 11.1. The molecule has 1 heterocycles. The molecular weight excluding hydrogens is 524 g/mol. The van der Waals surface area contributed by atoms with Crippen LogP contribution in [0.25, 0.3) is 6.08 Å². The molecule has 3 aromatic carbocycles. The van der Waals surface area contributed by atoms with E-state index in [0.29, 0.717) is 28.4 Å². The van der Waals surface area contributed by atoms with Crippen LogP contribution in [0.2, 0.25) is 0 Å². The van der Waals surface area contributed by atoms with Crippen molar-refractivity contribution in [2.24, 2.45) is 0 Å². The van der Waals surface area contributed by atoms with Crippen molar-refractivity contribution in [2.75, 3.05) is 23.9 Å². The summed E-state index contributed by atoms with van der Waals surface area (Å²) in [6.45, 7) is 1.56. The molecule has 0 saturated heterocycles. The van der Waals surface area contributed by atoms with Gasteiger partial charge in [0.15, 0.2) is 6.61 Å². The fourth-order valence-electron chi connectivity index (χ4n) is 3.78. The van der Waals surface area contributed by atoms with E-state index in [4.69, 9.17) is 9.47 Å². The van der Waals surface area contributed by atoms with E-state index >= 15 is 0 Å². The van der Waals surface area contributed by atoms with Crippen LogP contribution in [0.1, 0.15) is 12.5 Å². The van der Waals surface area contributed by atoms with Gasteiger partial charge in [-0.3, -0.25) is 14.5 Å². The van der Waals surface area contributed by atoms with E-state index in [1.807, 2.05) is 30.3 Å². The highest BCUT2D eigenvalue weighted by Crippen LogP contribution is 2.36. The standard InChI is InChI=1S/C28H23BrN2O5/c1-18-26(28(34)35-2)24(27(33)31(18)22-12-10-20(29)11-13-22)16-19-8-14-23(15-9-19)36-17-25(32)30-21-6-4-3-5-7-21/h3-16H,17H2,1-2H3,(H,30,32)/b24-16-. The number of hydrogen-bond donors (Lipinski definition) is 1. The molecule has 1 aliphatic rings. The minimum Gasteiger partial charge on any atom is -0.484 e. The summed E-state index contributed by atoms with van der Waals surface area (Å²) in [6.07, 6.45) is 1.64. The summed E-state index contributed by atoms with van der Waals surface area (Å²) in [4.78, 5) is 39.5.